The summed E-state index contributed by atoms with van der Waals surface area (Å²) in [6.45, 7) is 0. The number of aromatic hydroxyl groups is 1. The van der Waals surface area contributed by atoms with Gasteiger partial charge in [0.05, 0.1) is 11.1 Å². The Morgan fingerprint density at radius 3 is 1.56 bits per heavy atom. The molecule has 0 radical (unpaired) electrons. The van der Waals surface area contributed by atoms with E-state index < -0.39 is 0 Å². The molecule has 0 bridgehead atoms. The van der Waals surface area contributed by atoms with E-state index in [0.29, 0.717) is 16.9 Å². The Morgan fingerprint density at radius 1 is 0.722 bits per heavy atom. The third-order valence-electron chi connectivity index (χ3n) is 2.40. The molecule has 2 amide bonds. The topological polar surface area (TPSA) is 66.4 Å². The van der Waals surface area contributed by atoms with Crippen LogP contribution in [0.15, 0.2) is 54.6 Å². The molecule has 0 unspecified atom stereocenters. The van der Waals surface area contributed by atoms with Crippen LogP contribution >= 0.6 is 0 Å². The van der Waals surface area contributed by atoms with Crippen molar-refractivity contribution in [2.75, 3.05) is 0 Å². The Kier molecular flexibility index (Phi) is 3.38. The summed E-state index contributed by atoms with van der Waals surface area (Å²) in [7, 11) is 0. The Bertz CT molecular complexity index is 546. The number of phenols is 1. The van der Waals surface area contributed by atoms with Gasteiger partial charge in [-0.05, 0) is 24.3 Å². The van der Waals surface area contributed by atoms with E-state index in [4.69, 9.17) is 5.11 Å². The van der Waals surface area contributed by atoms with Crippen LogP contribution in [0.25, 0.3) is 0 Å². The van der Waals surface area contributed by atoms with Crippen LogP contribution in [0.3, 0.4) is 0 Å². The van der Waals surface area contributed by atoms with Gasteiger partial charge in [0.15, 0.2) is 0 Å². The fraction of sp³-hybridized carbons (Fsp3) is 0. The van der Waals surface area contributed by atoms with Gasteiger partial charge < -0.3 is 5.11 Å². The number of carbonyl (C=O) groups is 2. The summed E-state index contributed by atoms with van der Waals surface area (Å²) in [6.07, 6.45) is 0. The third kappa shape index (κ3) is 2.55. The first kappa shape index (κ1) is 11.9. The first-order valence-electron chi connectivity index (χ1n) is 5.37. The van der Waals surface area contributed by atoms with Gasteiger partial charge in [-0.2, -0.15) is 0 Å². The number of para-hydroxylation sites is 1. The second-order valence-corrected chi connectivity index (χ2v) is 3.66. The van der Waals surface area contributed by atoms with Gasteiger partial charge in [-0.25, -0.2) is 0 Å². The summed E-state index contributed by atoms with van der Waals surface area (Å²) in [5.41, 5.74) is 0.940. The number of hydrogen-bond donors (Lipinski definition) is 2. The normalized spacial score (nSPS) is 12.2. The maximum Gasteiger partial charge on any atom is 0.258 e. The summed E-state index contributed by atoms with van der Waals surface area (Å²) in [5.74, 6) is -0.279. The van der Waals surface area contributed by atoms with E-state index in [1.54, 1.807) is 48.5 Å². The van der Waals surface area contributed by atoms with Crippen LogP contribution < -0.4 is 5.32 Å². The van der Waals surface area contributed by atoms with Crippen LogP contribution in [0.1, 0.15) is 20.7 Å². The largest absolute Gasteiger partial charge is 0.508 e. The van der Waals surface area contributed by atoms with Crippen LogP contribution in [-0.4, -0.2) is 16.9 Å². The Balaban J connectivity index is 0.000000149. The first-order valence-corrected chi connectivity index (χ1v) is 5.37. The molecule has 2 aromatic rings. The molecule has 4 nitrogen and oxygen atoms in total. The predicted molar refractivity (Wildman–Crippen MR) is 66.3 cm³/mol. The maximum atomic E-state index is 10.9. The number of phenolic OH excluding ortho intramolecular Hbond substituents is 1. The predicted octanol–water partition coefficient (Wildman–Crippen LogP) is 1.96. The Hall–Kier alpha value is -2.62. The standard InChI is InChI=1S/C8H5NO2.C6H6O/c10-7-5-3-1-2-4-6(5)8(11)9-7;7-6-4-2-1-3-5-6/h1-4H,(H,9,10,11);1-5,7H. The van der Waals surface area contributed by atoms with E-state index in [0.717, 1.165) is 0 Å². The highest BCUT2D eigenvalue weighted by atomic mass is 16.3. The van der Waals surface area contributed by atoms with Gasteiger partial charge in [-0.15, -0.1) is 0 Å². The van der Waals surface area contributed by atoms with E-state index in [2.05, 4.69) is 5.32 Å². The molecule has 0 aliphatic carbocycles. The molecule has 0 spiro atoms. The number of amides is 2. The number of nitrogens with one attached hydrogen (secondary N) is 1. The lowest BCUT2D eigenvalue weighted by molar-refractivity contribution is 0.0879. The van der Waals surface area contributed by atoms with Crippen molar-refractivity contribution in [3.63, 3.8) is 0 Å². The van der Waals surface area contributed by atoms with E-state index in [1.165, 1.54) is 0 Å². The fourth-order valence-corrected chi connectivity index (χ4v) is 1.54. The Labute approximate surface area is 104 Å². The minimum Gasteiger partial charge on any atom is -0.508 e. The van der Waals surface area contributed by atoms with Crippen molar-refractivity contribution >= 4 is 11.8 Å². The number of hydrogen-bond acceptors (Lipinski definition) is 3. The van der Waals surface area contributed by atoms with Gasteiger partial charge >= 0.3 is 0 Å². The lowest BCUT2D eigenvalue weighted by Gasteiger charge is -1.88. The molecule has 1 aliphatic rings. The van der Waals surface area contributed by atoms with Gasteiger partial charge in [-0.1, -0.05) is 30.3 Å². The van der Waals surface area contributed by atoms with Gasteiger partial charge in [0, 0.05) is 0 Å². The van der Waals surface area contributed by atoms with Crippen molar-refractivity contribution in [3.8, 4) is 5.75 Å². The van der Waals surface area contributed by atoms with Gasteiger partial charge in [0.25, 0.3) is 11.8 Å². The van der Waals surface area contributed by atoms with Crippen molar-refractivity contribution in [3.05, 3.63) is 65.7 Å². The maximum absolute atomic E-state index is 10.9. The smallest absolute Gasteiger partial charge is 0.258 e. The minimum atomic E-state index is -0.300. The SMILES string of the molecule is O=C1NC(=O)c2ccccc21.Oc1ccccc1. The molecule has 2 aromatic carbocycles. The van der Waals surface area contributed by atoms with E-state index in [-0.39, 0.29) is 11.8 Å². The van der Waals surface area contributed by atoms with Crippen molar-refractivity contribution in [2.24, 2.45) is 0 Å². The first-order chi connectivity index (χ1) is 8.68. The number of benzene rings is 2. The number of carbonyl (C=O) groups excluding carboxylic acids is 2. The molecule has 1 aliphatic heterocycles. The van der Waals surface area contributed by atoms with Crippen molar-refractivity contribution < 1.29 is 14.7 Å². The third-order valence-corrected chi connectivity index (χ3v) is 2.40. The zero-order valence-corrected chi connectivity index (χ0v) is 9.46. The highest BCUT2D eigenvalue weighted by Crippen LogP contribution is 2.13. The molecule has 90 valence electrons. The van der Waals surface area contributed by atoms with Crippen LogP contribution in [0.5, 0.6) is 5.75 Å². The van der Waals surface area contributed by atoms with Gasteiger partial charge in [-0.3, -0.25) is 14.9 Å². The molecule has 3 rings (SSSR count). The lowest BCUT2D eigenvalue weighted by Crippen LogP contribution is -2.19. The van der Waals surface area contributed by atoms with Crippen LogP contribution in [0.4, 0.5) is 0 Å². The molecule has 0 aromatic heterocycles. The molecule has 0 saturated heterocycles. The zero-order chi connectivity index (χ0) is 13.0. The summed E-state index contributed by atoms with van der Waals surface area (Å²) in [5, 5.41) is 10.8. The molecule has 4 heteroatoms. The van der Waals surface area contributed by atoms with Gasteiger partial charge in [0.1, 0.15) is 5.75 Å². The zero-order valence-electron chi connectivity index (χ0n) is 9.46. The summed E-state index contributed by atoms with van der Waals surface area (Å²) < 4.78 is 0. The average molecular weight is 241 g/mol. The van der Waals surface area contributed by atoms with Gasteiger partial charge in [0.2, 0.25) is 0 Å². The molecular weight excluding hydrogens is 230 g/mol. The molecular formula is C14H11NO3. The quantitative estimate of drug-likeness (QED) is 0.693. The summed E-state index contributed by atoms with van der Waals surface area (Å²) >= 11 is 0. The molecule has 0 fully saturated rings. The Morgan fingerprint density at radius 2 is 1.17 bits per heavy atom. The van der Waals surface area contributed by atoms with Crippen LogP contribution in [0, 0.1) is 0 Å². The van der Waals surface area contributed by atoms with Crippen LogP contribution in [-0.2, 0) is 0 Å². The number of rotatable bonds is 0. The van der Waals surface area contributed by atoms with Crippen LogP contribution in [0.2, 0.25) is 0 Å². The average Bonchev–Trinajstić information content (AvgIpc) is 2.68. The number of fused-ring (bicyclic) bond motifs is 1. The van der Waals surface area contributed by atoms with E-state index in [9.17, 15) is 9.59 Å². The monoisotopic (exact) mass is 241 g/mol. The molecule has 1 heterocycles. The highest BCUT2D eigenvalue weighted by Gasteiger charge is 2.25. The summed E-state index contributed by atoms with van der Waals surface area (Å²) in [6, 6.07) is 15.4. The molecule has 0 saturated carbocycles. The highest BCUT2D eigenvalue weighted by molar-refractivity contribution is 6.21. The van der Waals surface area contributed by atoms with E-state index >= 15 is 0 Å². The van der Waals surface area contributed by atoms with E-state index in [1.807, 2.05) is 6.07 Å². The lowest BCUT2D eigenvalue weighted by atomic mass is 10.1. The minimum absolute atomic E-state index is 0.300. The van der Waals surface area contributed by atoms with Crippen molar-refractivity contribution in [1.82, 2.24) is 5.32 Å². The number of imide groups is 1. The second kappa shape index (κ2) is 5.14. The fourth-order valence-electron chi connectivity index (χ4n) is 1.54. The molecule has 2 N–H and O–H groups in total. The molecule has 0 atom stereocenters. The summed E-state index contributed by atoms with van der Waals surface area (Å²) in [4.78, 5) is 21.9. The van der Waals surface area contributed by atoms with Crippen molar-refractivity contribution in [1.29, 1.82) is 0 Å². The van der Waals surface area contributed by atoms with Crippen molar-refractivity contribution in [2.45, 2.75) is 0 Å². The second-order valence-electron chi connectivity index (χ2n) is 3.66. The molecule has 18 heavy (non-hydrogen) atoms.